The van der Waals surface area contributed by atoms with Crippen molar-refractivity contribution in [1.29, 1.82) is 0 Å². The van der Waals surface area contributed by atoms with Crippen LogP contribution in [0.3, 0.4) is 0 Å². The Bertz CT molecular complexity index is 112. The Kier molecular flexibility index (Phi) is 25.7. The molecule has 0 aromatic heterocycles. The molecule has 0 radical (unpaired) electrons. The molecule has 2 nitrogen and oxygen atoms in total. The van der Waals surface area contributed by atoms with Crippen LogP contribution in [0.25, 0.3) is 0 Å². The third-order valence-electron chi connectivity index (χ3n) is 3.34. The molecular formula is C17H40N2. The summed E-state index contributed by atoms with van der Waals surface area (Å²) in [5, 5.41) is 3.07. The maximum Gasteiger partial charge on any atom is -0.00520 e. The van der Waals surface area contributed by atoms with E-state index in [9.17, 15) is 0 Å². The summed E-state index contributed by atoms with van der Waals surface area (Å²) in [5.41, 5.74) is 5.42. The van der Waals surface area contributed by atoms with E-state index in [1.807, 2.05) is 7.05 Å². The van der Waals surface area contributed by atoms with Crippen LogP contribution in [-0.4, -0.2) is 20.1 Å². The predicted octanol–water partition coefficient (Wildman–Crippen LogP) is 4.87. The van der Waals surface area contributed by atoms with Crippen LogP contribution in [0.15, 0.2) is 0 Å². The molecule has 0 heterocycles. The fourth-order valence-electron chi connectivity index (χ4n) is 1.99. The summed E-state index contributed by atoms with van der Waals surface area (Å²) in [6.45, 7) is 6.50. The third-order valence-corrected chi connectivity index (χ3v) is 3.34. The Morgan fingerprint density at radius 3 is 1.37 bits per heavy atom. The van der Waals surface area contributed by atoms with Gasteiger partial charge in [0, 0.05) is 0 Å². The predicted molar refractivity (Wildman–Crippen MR) is 89.7 cm³/mol. The van der Waals surface area contributed by atoms with Crippen LogP contribution < -0.4 is 11.1 Å². The van der Waals surface area contributed by atoms with Crippen molar-refractivity contribution in [3.63, 3.8) is 0 Å². The number of hydrogen-bond acceptors (Lipinski definition) is 2. The van der Waals surface area contributed by atoms with E-state index in [-0.39, 0.29) is 0 Å². The van der Waals surface area contributed by atoms with E-state index in [2.05, 4.69) is 19.2 Å². The molecule has 118 valence electrons. The molecule has 0 rings (SSSR count). The lowest BCUT2D eigenvalue weighted by Gasteiger charge is -2.00. The van der Waals surface area contributed by atoms with Gasteiger partial charge in [-0.15, -0.1) is 0 Å². The normalized spacial score (nSPS) is 10.1. The molecule has 0 saturated carbocycles. The second-order valence-corrected chi connectivity index (χ2v) is 5.43. The molecule has 0 saturated heterocycles. The average molecular weight is 273 g/mol. The van der Waals surface area contributed by atoms with E-state index in [1.165, 1.54) is 77.0 Å². The number of rotatable bonds is 13. The van der Waals surface area contributed by atoms with Gasteiger partial charge in [-0.2, -0.15) is 0 Å². The van der Waals surface area contributed by atoms with Gasteiger partial charge in [0.1, 0.15) is 0 Å². The minimum atomic E-state index is 0.872. The summed E-state index contributed by atoms with van der Waals surface area (Å²) in [6.07, 6.45) is 16.5. The second-order valence-electron chi connectivity index (χ2n) is 5.43. The minimum Gasteiger partial charge on any atom is -0.330 e. The van der Waals surface area contributed by atoms with Gasteiger partial charge in [-0.1, -0.05) is 78.1 Å². The van der Waals surface area contributed by atoms with Gasteiger partial charge in [-0.05, 0) is 33.0 Å². The maximum atomic E-state index is 5.42. The smallest absolute Gasteiger partial charge is 0.00520 e. The standard InChI is InChI=1S/C12H27N.C5H13N/c1-2-3-4-5-6-7-8-9-10-11-12-13;1-3-4-5-6-2/h2-13H2,1H3;6H,3-5H2,1-2H3. The van der Waals surface area contributed by atoms with Gasteiger partial charge in [-0.25, -0.2) is 0 Å². The van der Waals surface area contributed by atoms with E-state index >= 15 is 0 Å². The molecular weight excluding hydrogens is 232 g/mol. The Hall–Kier alpha value is -0.0800. The van der Waals surface area contributed by atoms with Crippen LogP contribution in [0, 0.1) is 0 Å². The van der Waals surface area contributed by atoms with Gasteiger partial charge in [0.25, 0.3) is 0 Å². The molecule has 0 aliphatic carbocycles. The molecule has 19 heavy (non-hydrogen) atoms. The van der Waals surface area contributed by atoms with Gasteiger partial charge in [0.2, 0.25) is 0 Å². The van der Waals surface area contributed by atoms with E-state index in [4.69, 9.17) is 5.73 Å². The molecule has 0 aliphatic rings. The van der Waals surface area contributed by atoms with Crippen molar-refractivity contribution in [2.45, 2.75) is 90.9 Å². The van der Waals surface area contributed by atoms with Gasteiger partial charge in [0.15, 0.2) is 0 Å². The van der Waals surface area contributed by atoms with Crippen LogP contribution in [0.1, 0.15) is 90.9 Å². The van der Waals surface area contributed by atoms with Crippen molar-refractivity contribution in [3.05, 3.63) is 0 Å². The molecule has 0 aliphatic heterocycles. The lowest BCUT2D eigenvalue weighted by molar-refractivity contribution is 0.558. The molecule has 0 unspecified atom stereocenters. The maximum absolute atomic E-state index is 5.42. The molecule has 0 spiro atoms. The van der Waals surface area contributed by atoms with Gasteiger partial charge in [-0.3, -0.25) is 0 Å². The molecule has 3 N–H and O–H groups in total. The number of nitrogens with two attached hydrogens (primary N) is 1. The van der Waals surface area contributed by atoms with Crippen molar-refractivity contribution >= 4 is 0 Å². The van der Waals surface area contributed by atoms with E-state index < -0.39 is 0 Å². The Balaban J connectivity index is 0. The lowest BCUT2D eigenvalue weighted by Crippen LogP contribution is -2.06. The second kappa shape index (κ2) is 23.0. The van der Waals surface area contributed by atoms with Crippen LogP contribution >= 0.6 is 0 Å². The van der Waals surface area contributed by atoms with Gasteiger partial charge >= 0.3 is 0 Å². The minimum absolute atomic E-state index is 0.872. The summed E-state index contributed by atoms with van der Waals surface area (Å²) in [7, 11) is 1.98. The SMILES string of the molecule is CCCCCCCCCCCCN.CCCCNC. The van der Waals surface area contributed by atoms with Crippen LogP contribution in [0.2, 0.25) is 0 Å². The van der Waals surface area contributed by atoms with Crippen LogP contribution in [-0.2, 0) is 0 Å². The van der Waals surface area contributed by atoms with Crippen molar-refractivity contribution < 1.29 is 0 Å². The summed E-state index contributed by atoms with van der Waals surface area (Å²) >= 11 is 0. The summed E-state index contributed by atoms with van der Waals surface area (Å²) in [5.74, 6) is 0. The van der Waals surface area contributed by atoms with E-state index in [0.29, 0.717) is 0 Å². The third kappa shape index (κ3) is 27.2. The zero-order chi connectivity index (χ0) is 14.6. The molecule has 0 aromatic carbocycles. The van der Waals surface area contributed by atoms with E-state index in [1.54, 1.807) is 0 Å². The van der Waals surface area contributed by atoms with Crippen molar-refractivity contribution in [3.8, 4) is 0 Å². The first-order valence-electron chi connectivity index (χ1n) is 8.68. The summed E-state index contributed by atoms with van der Waals surface area (Å²) < 4.78 is 0. The summed E-state index contributed by atoms with van der Waals surface area (Å²) in [4.78, 5) is 0. The molecule has 0 aromatic rings. The first-order chi connectivity index (χ1) is 9.33. The van der Waals surface area contributed by atoms with Crippen molar-refractivity contribution in [1.82, 2.24) is 5.32 Å². The highest BCUT2D eigenvalue weighted by molar-refractivity contribution is 4.47. The largest absolute Gasteiger partial charge is 0.330 e. The molecule has 0 fully saturated rings. The fourth-order valence-corrected chi connectivity index (χ4v) is 1.99. The van der Waals surface area contributed by atoms with E-state index in [0.717, 1.165) is 13.1 Å². The van der Waals surface area contributed by atoms with Crippen molar-refractivity contribution in [2.75, 3.05) is 20.1 Å². The van der Waals surface area contributed by atoms with Crippen LogP contribution in [0.4, 0.5) is 0 Å². The zero-order valence-electron chi connectivity index (χ0n) is 14.0. The fraction of sp³-hybridized carbons (Fsp3) is 1.00. The first kappa shape index (κ1) is 21.2. The molecule has 2 heteroatoms. The van der Waals surface area contributed by atoms with Gasteiger partial charge < -0.3 is 11.1 Å². The van der Waals surface area contributed by atoms with Crippen molar-refractivity contribution in [2.24, 2.45) is 5.73 Å². The first-order valence-corrected chi connectivity index (χ1v) is 8.68. The lowest BCUT2D eigenvalue weighted by atomic mass is 10.1. The number of unbranched alkanes of at least 4 members (excludes halogenated alkanes) is 10. The number of nitrogens with one attached hydrogen (secondary N) is 1. The molecule has 0 bridgehead atoms. The topological polar surface area (TPSA) is 38.0 Å². The molecule has 0 amide bonds. The highest BCUT2D eigenvalue weighted by atomic mass is 14.8. The highest BCUT2D eigenvalue weighted by Gasteiger charge is 1.91. The van der Waals surface area contributed by atoms with Gasteiger partial charge in [0.05, 0.1) is 0 Å². The average Bonchev–Trinajstić information content (AvgIpc) is 2.44. The van der Waals surface area contributed by atoms with Crippen LogP contribution in [0.5, 0.6) is 0 Å². The quantitative estimate of drug-likeness (QED) is 0.469. The highest BCUT2D eigenvalue weighted by Crippen LogP contribution is 2.09. The monoisotopic (exact) mass is 272 g/mol. The zero-order valence-corrected chi connectivity index (χ0v) is 14.0. The number of hydrogen-bond donors (Lipinski definition) is 2. The Morgan fingerprint density at radius 1 is 0.632 bits per heavy atom. The summed E-state index contributed by atoms with van der Waals surface area (Å²) in [6, 6.07) is 0. The Morgan fingerprint density at radius 2 is 1.05 bits per heavy atom. The molecule has 0 atom stereocenters. The Labute approximate surface area is 122 Å².